The molecule has 1 fully saturated rings. The molecule has 2 rings (SSSR count). The Hall–Kier alpha value is -0.390. The Morgan fingerprint density at radius 3 is 2.68 bits per heavy atom. The summed E-state index contributed by atoms with van der Waals surface area (Å²) in [6, 6.07) is 7.89. The summed E-state index contributed by atoms with van der Waals surface area (Å²) in [4.78, 5) is 14.2. The van der Waals surface area contributed by atoms with Crippen molar-refractivity contribution in [1.82, 2.24) is 4.90 Å². The molecule has 0 saturated carbocycles. The van der Waals surface area contributed by atoms with Gasteiger partial charge in [0.15, 0.2) is 0 Å². The lowest BCUT2D eigenvalue weighted by Gasteiger charge is -2.36. The Morgan fingerprint density at radius 1 is 1.37 bits per heavy atom. The summed E-state index contributed by atoms with van der Waals surface area (Å²) in [5, 5.41) is 0.763. The van der Waals surface area contributed by atoms with Crippen molar-refractivity contribution in [3.05, 3.63) is 34.3 Å². The van der Waals surface area contributed by atoms with Crippen molar-refractivity contribution >= 4 is 37.8 Å². The van der Waals surface area contributed by atoms with E-state index in [2.05, 4.69) is 31.9 Å². The van der Waals surface area contributed by atoms with E-state index in [1.54, 1.807) is 0 Å². The van der Waals surface area contributed by atoms with Crippen molar-refractivity contribution in [2.24, 2.45) is 0 Å². The zero-order valence-electron chi connectivity index (χ0n) is 10.8. The monoisotopic (exact) mass is 389 g/mol. The Bertz CT molecular complexity index is 436. The van der Waals surface area contributed by atoms with Gasteiger partial charge in [0.25, 0.3) is 0 Å². The molecule has 0 bridgehead atoms. The third-order valence-corrected chi connectivity index (χ3v) is 4.37. The standard InChI is InChI=1S/C14H17Br2NO2/c1-10-8-17(9-13(7-15)19-10)14(18)6-11-2-4-12(16)5-3-11/h2-5,10,13H,6-9H2,1H3. The molecule has 1 heterocycles. The zero-order valence-corrected chi connectivity index (χ0v) is 14.0. The number of morpholine rings is 1. The molecule has 1 aromatic carbocycles. The second kappa shape index (κ2) is 6.86. The lowest BCUT2D eigenvalue weighted by atomic mass is 10.1. The van der Waals surface area contributed by atoms with Gasteiger partial charge >= 0.3 is 0 Å². The summed E-state index contributed by atoms with van der Waals surface area (Å²) in [6.45, 7) is 3.36. The largest absolute Gasteiger partial charge is 0.371 e. The quantitative estimate of drug-likeness (QED) is 0.742. The van der Waals surface area contributed by atoms with Crippen LogP contribution in [0.15, 0.2) is 28.7 Å². The van der Waals surface area contributed by atoms with Crippen molar-refractivity contribution < 1.29 is 9.53 Å². The highest BCUT2D eigenvalue weighted by molar-refractivity contribution is 9.10. The van der Waals surface area contributed by atoms with Crippen LogP contribution in [-0.4, -0.2) is 41.4 Å². The van der Waals surface area contributed by atoms with Gasteiger partial charge in [-0.2, -0.15) is 0 Å². The fourth-order valence-electron chi connectivity index (χ4n) is 2.22. The number of ether oxygens (including phenoxy) is 1. The zero-order chi connectivity index (χ0) is 13.8. The number of halogens is 2. The van der Waals surface area contributed by atoms with Gasteiger partial charge in [-0.25, -0.2) is 0 Å². The molecule has 0 spiro atoms. The third kappa shape index (κ3) is 4.29. The lowest BCUT2D eigenvalue weighted by molar-refractivity contribution is -0.142. The summed E-state index contributed by atoms with van der Waals surface area (Å²) in [7, 11) is 0. The van der Waals surface area contributed by atoms with Gasteiger partial charge in [-0.3, -0.25) is 4.79 Å². The topological polar surface area (TPSA) is 29.5 Å². The number of carbonyl (C=O) groups is 1. The molecule has 1 amide bonds. The second-order valence-electron chi connectivity index (χ2n) is 4.82. The van der Waals surface area contributed by atoms with E-state index in [1.165, 1.54) is 0 Å². The Kier molecular flexibility index (Phi) is 5.42. The Morgan fingerprint density at radius 2 is 2.05 bits per heavy atom. The molecule has 0 N–H and O–H groups in total. The van der Waals surface area contributed by atoms with Crippen LogP contribution in [0.2, 0.25) is 0 Å². The molecule has 104 valence electrons. The smallest absolute Gasteiger partial charge is 0.227 e. The normalized spacial score (nSPS) is 23.4. The number of amides is 1. The van der Waals surface area contributed by atoms with Crippen LogP contribution in [0.3, 0.4) is 0 Å². The van der Waals surface area contributed by atoms with E-state index in [0.717, 1.165) is 15.4 Å². The lowest BCUT2D eigenvalue weighted by Crippen LogP contribution is -2.50. The fraction of sp³-hybridized carbons (Fsp3) is 0.500. The van der Waals surface area contributed by atoms with E-state index in [9.17, 15) is 4.79 Å². The SMILES string of the molecule is CC1CN(C(=O)Cc2ccc(Br)cc2)CC(CBr)O1. The second-order valence-corrected chi connectivity index (χ2v) is 6.39. The highest BCUT2D eigenvalue weighted by Gasteiger charge is 2.27. The Labute approximate surface area is 130 Å². The summed E-state index contributed by atoms with van der Waals surface area (Å²) < 4.78 is 6.77. The maximum absolute atomic E-state index is 12.3. The molecule has 19 heavy (non-hydrogen) atoms. The molecule has 1 aromatic rings. The van der Waals surface area contributed by atoms with E-state index < -0.39 is 0 Å². The minimum atomic E-state index is 0.0950. The van der Waals surface area contributed by atoms with Crippen LogP contribution in [0.25, 0.3) is 0 Å². The first-order valence-electron chi connectivity index (χ1n) is 6.32. The minimum absolute atomic E-state index is 0.0950. The maximum Gasteiger partial charge on any atom is 0.227 e. The summed E-state index contributed by atoms with van der Waals surface area (Å²) >= 11 is 6.82. The van der Waals surface area contributed by atoms with Gasteiger partial charge in [0.2, 0.25) is 5.91 Å². The van der Waals surface area contributed by atoms with E-state index in [1.807, 2.05) is 36.1 Å². The predicted octanol–water partition coefficient (Wildman–Crippen LogP) is 3.00. The number of nitrogens with zero attached hydrogens (tertiary/aromatic N) is 1. The van der Waals surface area contributed by atoms with Gasteiger partial charge in [-0.05, 0) is 24.6 Å². The van der Waals surface area contributed by atoms with E-state index in [-0.39, 0.29) is 18.1 Å². The van der Waals surface area contributed by atoms with Crippen LogP contribution < -0.4 is 0 Å². The molecule has 5 heteroatoms. The van der Waals surface area contributed by atoms with E-state index >= 15 is 0 Å². The van der Waals surface area contributed by atoms with Crippen LogP contribution in [0.4, 0.5) is 0 Å². The minimum Gasteiger partial charge on any atom is -0.371 e. The molecular formula is C14H17Br2NO2. The van der Waals surface area contributed by atoms with Crippen LogP contribution in [0, 0.1) is 0 Å². The third-order valence-electron chi connectivity index (χ3n) is 3.12. The molecule has 0 aromatic heterocycles. The van der Waals surface area contributed by atoms with Gasteiger partial charge in [0.05, 0.1) is 18.6 Å². The predicted molar refractivity (Wildman–Crippen MR) is 82.6 cm³/mol. The average Bonchev–Trinajstić information content (AvgIpc) is 2.40. The first-order valence-corrected chi connectivity index (χ1v) is 8.23. The van der Waals surface area contributed by atoms with Crippen molar-refractivity contribution in [2.75, 3.05) is 18.4 Å². The van der Waals surface area contributed by atoms with Gasteiger partial charge < -0.3 is 9.64 Å². The first-order chi connectivity index (χ1) is 9.08. The van der Waals surface area contributed by atoms with Crippen LogP contribution in [-0.2, 0) is 16.0 Å². The summed E-state index contributed by atoms with van der Waals surface area (Å²) in [5.74, 6) is 0.170. The molecule has 1 saturated heterocycles. The van der Waals surface area contributed by atoms with Crippen LogP contribution in [0.5, 0.6) is 0 Å². The molecule has 2 unspecified atom stereocenters. The molecule has 3 nitrogen and oxygen atoms in total. The average molecular weight is 391 g/mol. The summed E-state index contributed by atoms with van der Waals surface area (Å²) in [6.07, 6.45) is 0.650. The van der Waals surface area contributed by atoms with E-state index in [0.29, 0.717) is 19.5 Å². The van der Waals surface area contributed by atoms with Gasteiger partial charge in [-0.15, -0.1) is 0 Å². The van der Waals surface area contributed by atoms with Gasteiger partial charge in [0.1, 0.15) is 0 Å². The van der Waals surface area contributed by atoms with Crippen molar-refractivity contribution in [2.45, 2.75) is 25.6 Å². The fourth-order valence-corrected chi connectivity index (χ4v) is 2.84. The van der Waals surface area contributed by atoms with Gasteiger partial charge in [-0.1, -0.05) is 44.0 Å². The number of hydrogen-bond donors (Lipinski definition) is 0. The van der Waals surface area contributed by atoms with Crippen LogP contribution in [0.1, 0.15) is 12.5 Å². The number of benzene rings is 1. The molecule has 0 radical (unpaired) electrons. The molecule has 2 atom stereocenters. The number of rotatable bonds is 3. The number of hydrogen-bond acceptors (Lipinski definition) is 2. The summed E-state index contributed by atoms with van der Waals surface area (Å²) in [5.41, 5.74) is 1.04. The molecule has 1 aliphatic rings. The molecular weight excluding hydrogens is 374 g/mol. The first kappa shape index (κ1) is 15.0. The highest BCUT2D eigenvalue weighted by Crippen LogP contribution is 2.16. The van der Waals surface area contributed by atoms with Crippen molar-refractivity contribution in [3.63, 3.8) is 0 Å². The van der Waals surface area contributed by atoms with E-state index in [4.69, 9.17) is 4.74 Å². The highest BCUT2D eigenvalue weighted by atomic mass is 79.9. The number of carbonyl (C=O) groups excluding carboxylic acids is 1. The van der Waals surface area contributed by atoms with Crippen molar-refractivity contribution in [1.29, 1.82) is 0 Å². The maximum atomic E-state index is 12.3. The van der Waals surface area contributed by atoms with Crippen molar-refractivity contribution in [3.8, 4) is 0 Å². The molecule has 0 aliphatic carbocycles. The van der Waals surface area contributed by atoms with Gasteiger partial charge in [0, 0.05) is 22.9 Å². The number of alkyl halides is 1. The Balaban J connectivity index is 1.97. The molecule has 1 aliphatic heterocycles. The van der Waals surface area contributed by atoms with Crippen LogP contribution >= 0.6 is 31.9 Å².